The Morgan fingerprint density at radius 2 is 1.81 bits per heavy atom. The first-order valence-corrected chi connectivity index (χ1v) is 8.85. The molecule has 1 N–H and O–H groups in total. The maximum absolute atomic E-state index is 12.5. The van der Waals surface area contributed by atoms with Gasteiger partial charge in [0.1, 0.15) is 12.2 Å². The number of ether oxygens (including phenoxy) is 2. The van der Waals surface area contributed by atoms with Crippen LogP contribution < -0.4 is 0 Å². The zero-order chi connectivity index (χ0) is 20.0. The molecule has 0 fully saturated rings. The average molecular weight is 373 g/mol. The number of carbonyl (C=O) groups is 3. The molecule has 7 nitrogen and oxygen atoms in total. The summed E-state index contributed by atoms with van der Waals surface area (Å²) in [5, 5.41) is 7.91. The molecule has 2 rings (SSSR count). The molecule has 0 spiro atoms. The lowest BCUT2D eigenvalue weighted by Gasteiger charge is -2.19. The molecule has 1 heterocycles. The van der Waals surface area contributed by atoms with E-state index in [0.29, 0.717) is 19.4 Å². The molecule has 1 aromatic carbocycles. The molecule has 1 aromatic rings. The third-order valence-corrected chi connectivity index (χ3v) is 3.81. The van der Waals surface area contributed by atoms with E-state index in [1.165, 1.54) is 4.58 Å². The van der Waals surface area contributed by atoms with Gasteiger partial charge in [0.15, 0.2) is 12.3 Å². The van der Waals surface area contributed by atoms with Crippen LogP contribution in [0, 0.1) is 5.41 Å². The molecule has 1 amide bonds. The van der Waals surface area contributed by atoms with Crippen LogP contribution in [0.3, 0.4) is 0 Å². The molecule has 1 aliphatic rings. The van der Waals surface area contributed by atoms with Crippen LogP contribution in [0.15, 0.2) is 30.3 Å². The molecule has 0 bridgehead atoms. The molecule has 0 atom stereocenters. The molecule has 0 unspecified atom stereocenters. The highest BCUT2D eigenvalue weighted by molar-refractivity contribution is 6.41. The molecular weight excluding hydrogens is 348 g/mol. The largest absolute Gasteiger partial charge is 0.460 e. The van der Waals surface area contributed by atoms with Gasteiger partial charge in [0.05, 0.1) is 6.42 Å². The van der Waals surface area contributed by atoms with Crippen molar-refractivity contribution in [1.29, 1.82) is 5.41 Å². The topological polar surface area (TPSA) is 96.5 Å². The van der Waals surface area contributed by atoms with E-state index in [9.17, 15) is 14.4 Å². The van der Waals surface area contributed by atoms with Crippen molar-refractivity contribution in [2.75, 3.05) is 6.54 Å². The number of carbonyl (C=O) groups excluding carboxylic acids is 3. The summed E-state index contributed by atoms with van der Waals surface area (Å²) in [5.41, 5.74) is -0.0172. The van der Waals surface area contributed by atoms with Gasteiger partial charge in [-0.2, -0.15) is 4.58 Å². The number of esters is 2. The van der Waals surface area contributed by atoms with Crippen molar-refractivity contribution in [2.24, 2.45) is 0 Å². The van der Waals surface area contributed by atoms with E-state index in [2.05, 4.69) is 0 Å². The summed E-state index contributed by atoms with van der Waals surface area (Å²) in [6.45, 7) is 5.58. The van der Waals surface area contributed by atoms with Gasteiger partial charge in [-0.05, 0) is 26.3 Å². The fourth-order valence-corrected chi connectivity index (χ4v) is 2.68. The molecule has 0 saturated heterocycles. The Morgan fingerprint density at radius 3 is 2.44 bits per heavy atom. The maximum Gasteiger partial charge on any atom is 0.434 e. The molecule has 0 aliphatic carbocycles. The second-order valence-corrected chi connectivity index (χ2v) is 7.31. The van der Waals surface area contributed by atoms with E-state index in [0.717, 1.165) is 5.56 Å². The first-order chi connectivity index (χ1) is 12.7. The van der Waals surface area contributed by atoms with E-state index in [1.807, 2.05) is 30.3 Å². The minimum absolute atomic E-state index is 0.112. The Kier molecular flexibility index (Phi) is 6.60. The van der Waals surface area contributed by atoms with Gasteiger partial charge in [-0.15, -0.1) is 0 Å². The van der Waals surface area contributed by atoms with Crippen molar-refractivity contribution < 1.29 is 28.4 Å². The second kappa shape index (κ2) is 8.70. The van der Waals surface area contributed by atoms with Crippen molar-refractivity contribution in [3.05, 3.63) is 35.9 Å². The van der Waals surface area contributed by atoms with Crippen LogP contribution in [0.4, 0.5) is 0 Å². The zero-order valence-corrected chi connectivity index (χ0v) is 15.9. The van der Waals surface area contributed by atoms with E-state index in [-0.39, 0.29) is 12.3 Å². The van der Waals surface area contributed by atoms with Gasteiger partial charge in [-0.25, -0.2) is 9.59 Å². The summed E-state index contributed by atoms with van der Waals surface area (Å²) in [7, 11) is 0. The van der Waals surface area contributed by atoms with Crippen LogP contribution in [-0.2, 0) is 30.5 Å². The quantitative estimate of drug-likeness (QED) is 0.469. The van der Waals surface area contributed by atoms with Crippen molar-refractivity contribution >= 4 is 29.3 Å². The highest BCUT2D eigenvalue weighted by Gasteiger charge is 2.37. The van der Waals surface area contributed by atoms with Gasteiger partial charge in [-0.1, -0.05) is 30.3 Å². The molecular formula is C20H25N2O5+. The van der Waals surface area contributed by atoms with E-state index >= 15 is 0 Å². The monoisotopic (exact) mass is 373 g/mol. The Bertz CT molecular complexity index is 775. The SMILES string of the molecule is CC(C)(C)OC(=O)CC(=N)C(=O)[N+]1=C(C(=O)OCc2ccccc2)CCC1. The lowest BCUT2D eigenvalue weighted by molar-refractivity contribution is -0.433. The van der Waals surface area contributed by atoms with Gasteiger partial charge in [0, 0.05) is 12.8 Å². The third-order valence-electron chi connectivity index (χ3n) is 3.81. The van der Waals surface area contributed by atoms with Crippen molar-refractivity contribution in [3.63, 3.8) is 0 Å². The number of hydrogen-bond donors (Lipinski definition) is 1. The Hall–Kier alpha value is -2.83. The summed E-state index contributed by atoms with van der Waals surface area (Å²) >= 11 is 0. The van der Waals surface area contributed by atoms with Crippen molar-refractivity contribution in [1.82, 2.24) is 0 Å². The number of nitrogens with zero attached hydrogens (tertiary/aromatic N) is 1. The molecule has 0 radical (unpaired) electrons. The predicted octanol–water partition coefficient (Wildman–Crippen LogP) is 2.26. The second-order valence-electron chi connectivity index (χ2n) is 7.31. The molecule has 27 heavy (non-hydrogen) atoms. The van der Waals surface area contributed by atoms with E-state index < -0.39 is 35.6 Å². The van der Waals surface area contributed by atoms with Gasteiger partial charge in [-0.3, -0.25) is 10.2 Å². The molecule has 0 saturated carbocycles. The van der Waals surface area contributed by atoms with Crippen molar-refractivity contribution in [3.8, 4) is 0 Å². The summed E-state index contributed by atoms with van der Waals surface area (Å²) in [5.74, 6) is -1.88. The summed E-state index contributed by atoms with van der Waals surface area (Å²) in [6.07, 6.45) is 0.583. The first-order valence-electron chi connectivity index (χ1n) is 8.85. The van der Waals surface area contributed by atoms with Crippen LogP contribution >= 0.6 is 0 Å². The summed E-state index contributed by atoms with van der Waals surface area (Å²) in [4.78, 5) is 36.7. The first kappa shape index (κ1) is 20.5. The molecule has 144 valence electrons. The molecule has 7 heteroatoms. The standard InChI is InChI=1S/C20H25N2O5/c1-20(2,3)27-17(23)12-15(21)18(24)22-11-7-10-16(22)19(25)26-13-14-8-5-4-6-9-14/h4-6,8-9,21H,7,10-13H2,1-3H3/q+1. The summed E-state index contributed by atoms with van der Waals surface area (Å²) in [6, 6.07) is 9.24. The molecule has 0 aromatic heterocycles. The number of amides is 1. The molecule has 1 aliphatic heterocycles. The fourth-order valence-electron chi connectivity index (χ4n) is 2.68. The highest BCUT2D eigenvalue weighted by atomic mass is 16.6. The van der Waals surface area contributed by atoms with Crippen LogP contribution in [0.5, 0.6) is 0 Å². The Balaban J connectivity index is 2.01. The number of hydrogen-bond acceptors (Lipinski definition) is 6. The lowest BCUT2D eigenvalue weighted by Crippen LogP contribution is -2.35. The third kappa shape index (κ3) is 6.13. The normalized spacial score (nSPS) is 14.0. The van der Waals surface area contributed by atoms with Gasteiger partial charge < -0.3 is 9.47 Å². The van der Waals surface area contributed by atoms with Crippen LogP contribution in [0.25, 0.3) is 0 Å². The minimum Gasteiger partial charge on any atom is -0.460 e. The highest BCUT2D eigenvalue weighted by Crippen LogP contribution is 2.11. The Morgan fingerprint density at radius 1 is 1.15 bits per heavy atom. The van der Waals surface area contributed by atoms with Crippen LogP contribution in [-0.4, -0.2) is 46.0 Å². The van der Waals surface area contributed by atoms with Crippen LogP contribution in [0.2, 0.25) is 0 Å². The number of benzene rings is 1. The summed E-state index contributed by atoms with van der Waals surface area (Å²) < 4.78 is 11.7. The maximum atomic E-state index is 12.5. The van der Waals surface area contributed by atoms with E-state index in [4.69, 9.17) is 14.9 Å². The predicted molar refractivity (Wildman–Crippen MR) is 98.8 cm³/mol. The van der Waals surface area contributed by atoms with Gasteiger partial charge in [0.2, 0.25) is 0 Å². The smallest absolute Gasteiger partial charge is 0.434 e. The average Bonchev–Trinajstić information content (AvgIpc) is 3.07. The number of rotatable bonds is 6. The van der Waals surface area contributed by atoms with Crippen molar-refractivity contribution in [2.45, 2.75) is 52.2 Å². The minimum atomic E-state index is -0.688. The van der Waals surface area contributed by atoms with E-state index in [1.54, 1.807) is 20.8 Å². The fraction of sp³-hybridized carbons (Fsp3) is 0.450. The van der Waals surface area contributed by atoms with Gasteiger partial charge in [0.25, 0.3) is 5.71 Å². The van der Waals surface area contributed by atoms with Crippen LogP contribution in [0.1, 0.15) is 45.6 Å². The number of nitrogens with one attached hydrogen (secondary N) is 1. The zero-order valence-electron chi connectivity index (χ0n) is 15.9. The lowest BCUT2D eigenvalue weighted by atomic mass is 10.2. The van der Waals surface area contributed by atoms with Gasteiger partial charge >= 0.3 is 17.8 Å². The Labute approximate surface area is 158 Å².